The van der Waals surface area contributed by atoms with Crippen LogP contribution < -0.4 is 5.32 Å². The van der Waals surface area contributed by atoms with Crippen LogP contribution in [0.15, 0.2) is 0 Å². The second-order valence-corrected chi connectivity index (χ2v) is 2.43. The summed E-state index contributed by atoms with van der Waals surface area (Å²) < 4.78 is 36.2. The molecule has 0 aliphatic heterocycles. The lowest BCUT2D eigenvalue weighted by Gasteiger charge is -2.28. The minimum Gasteiger partial charge on any atom is -0.301 e. The van der Waals surface area contributed by atoms with E-state index in [0.29, 0.717) is 0 Å². The molecule has 0 aliphatic rings. The number of hydrogen-bond acceptors (Lipinski definition) is 2. The molecule has 1 unspecified atom stereocenters. The monoisotopic (exact) mass is 169 g/mol. The average Bonchev–Trinajstić information content (AvgIpc) is 1.83. The quantitative estimate of drug-likeness (QED) is 0.671. The Morgan fingerprint density at radius 1 is 1.36 bits per heavy atom. The van der Waals surface area contributed by atoms with Gasteiger partial charge in [-0.3, -0.25) is 4.79 Å². The first-order valence-electron chi connectivity index (χ1n) is 3.02. The van der Waals surface area contributed by atoms with Crippen molar-refractivity contribution in [2.75, 3.05) is 7.05 Å². The van der Waals surface area contributed by atoms with Crippen molar-refractivity contribution in [1.82, 2.24) is 5.32 Å². The summed E-state index contributed by atoms with van der Waals surface area (Å²) in [6, 6.07) is 0. The summed E-state index contributed by atoms with van der Waals surface area (Å²) in [4.78, 5) is 10.6. The largest absolute Gasteiger partial charge is 0.413 e. The molecule has 0 heterocycles. The summed E-state index contributed by atoms with van der Waals surface area (Å²) in [6.45, 7) is 1.72. The number of halogens is 3. The third-order valence-corrected chi connectivity index (χ3v) is 1.77. The summed E-state index contributed by atoms with van der Waals surface area (Å²) >= 11 is 0. The number of likely N-dealkylation sites (N-methyl/N-ethyl adjacent to an activating group) is 1. The molecule has 0 bridgehead atoms. The first-order valence-corrected chi connectivity index (χ1v) is 3.02. The van der Waals surface area contributed by atoms with E-state index in [1.807, 2.05) is 5.32 Å². The molecule has 11 heavy (non-hydrogen) atoms. The van der Waals surface area contributed by atoms with E-state index in [-0.39, 0.29) is 0 Å². The first kappa shape index (κ1) is 10.4. The zero-order valence-corrected chi connectivity index (χ0v) is 6.54. The molecular weight excluding hydrogens is 159 g/mol. The molecule has 0 fully saturated rings. The van der Waals surface area contributed by atoms with Crippen LogP contribution in [0.1, 0.15) is 13.8 Å². The fraction of sp³-hybridized carbons (Fsp3) is 0.833. The van der Waals surface area contributed by atoms with E-state index >= 15 is 0 Å². The molecule has 0 aromatic carbocycles. The summed E-state index contributed by atoms with van der Waals surface area (Å²) in [6.07, 6.45) is -4.53. The van der Waals surface area contributed by atoms with Crippen molar-refractivity contribution in [2.24, 2.45) is 0 Å². The predicted molar refractivity (Wildman–Crippen MR) is 34.2 cm³/mol. The van der Waals surface area contributed by atoms with Gasteiger partial charge >= 0.3 is 6.18 Å². The Labute approximate surface area is 62.8 Å². The van der Waals surface area contributed by atoms with Crippen LogP contribution in [0, 0.1) is 0 Å². The molecule has 0 aromatic heterocycles. The van der Waals surface area contributed by atoms with Gasteiger partial charge in [-0.1, -0.05) is 0 Å². The highest BCUT2D eigenvalue weighted by molar-refractivity contribution is 5.86. The first-order chi connectivity index (χ1) is 4.75. The molecule has 0 spiro atoms. The number of rotatable bonds is 2. The maximum absolute atomic E-state index is 12.1. The Bertz CT molecular complexity index is 166. The number of carbonyl (C=O) groups excluding carboxylic acids is 1. The maximum Gasteiger partial charge on any atom is 0.413 e. The lowest BCUT2D eigenvalue weighted by Crippen LogP contribution is -2.57. The number of nitrogens with one attached hydrogen (secondary N) is 1. The highest BCUT2D eigenvalue weighted by Gasteiger charge is 2.53. The van der Waals surface area contributed by atoms with Crippen LogP contribution in [0.5, 0.6) is 0 Å². The average molecular weight is 169 g/mol. The van der Waals surface area contributed by atoms with Crippen LogP contribution in [-0.2, 0) is 4.79 Å². The van der Waals surface area contributed by atoms with Crippen LogP contribution in [0.3, 0.4) is 0 Å². The Morgan fingerprint density at radius 2 is 1.73 bits per heavy atom. The summed E-state index contributed by atoms with van der Waals surface area (Å²) in [5.74, 6) is -0.937. The molecule has 1 atom stereocenters. The molecule has 0 saturated carbocycles. The van der Waals surface area contributed by atoms with Crippen molar-refractivity contribution in [1.29, 1.82) is 0 Å². The van der Waals surface area contributed by atoms with E-state index in [9.17, 15) is 18.0 Å². The minimum absolute atomic E-state index is 0.815. The van der Waals surface area contributed by atoms with Crippen molar-refractivity contribution in [3.8, 4) is 0 Å². The fourth-order valence-electron chi connectivity index (χ4n) is 0.517. The predicted octanol–water partition coefficient (Wildman–Crippen LogP) is 1.12. The van der Waals surface area contributed by atoms with Gasteiger partial charge in [0.15, 0.2) is 11.3 Å². The third kappa shape index (κ3) is 1.71. The lowest BCUT2D eigenvalue weighted by molar-refractivity contribution is -0.192. The topological polar surface area (TPSA) is 29.1 Å². The SMILES string of the molecule is CNC(C)(C(C)=O)C(F)(F)F. The van der Waals surface area contributed by atoms with Crippen molar-refractivity contribution in [3.63, 3.8) is 0 Å². The molecule has 5 heteroatoms. The van der Waals surface area contributed by atoms with Gasteiger partial charge in [0, 0.05) is 0 Å². The van der Waals surface area contributed by atoms with E-state index in [2.05, 4.69) is 0 Å². The van der Waals surface area contributed by atoms with Gasteiger partial charge in [0.25, 0.3) is 0 Å². The minimum atomic E-state index is -4.53. The van der Waals surface area contributed by atoms with E-state index in [1.54, 1.807) is 0 Å². The molecule has 0 saturated heterocycles. The van der Waals surface area contributed by atoms with E-state index in [1.165, 1.54) is 0 Å². The van der Waals surface area contributed by atoms with Gasteiger partial charge in [0.1, 0.15) is 0 Å². The third-order valence-electron chi connectivity index (χ3n) is 1.77. The Kier molecular flexibility index (Phi) is 2.66. The normalized spacial score (nSPS) is 17.6. The van der Waals surface area contributed by atoms with Crippen LogP contribution in [-0.4, -0.2) is 24.5 Å². The second-order valence-electron chi connectivity index (χ2n) is 2.43. The van der Waals surface area contributed by atoms with Crippen LogP contribution >= 0.6 is 0 Å². The second kappa shape index (κ2) is 2.81. The van der Waals surface area contributed by atoms with Gasteiger partial charge in [0.05, 0.1) is 0 Å². The van der Waals surface area contributed by atoms with Crippen LogP contribution in [0.4, 0.5) is 13.2 Å². The van der Waals surface area contributed by atoms with E-state index in [0.717, 1.165) is 20.9 Å². The molecule has 0 rings (SSSR count). The van der Waals surface area contributed by atoms with Crippen molar-refractivity contribution < 1.29 is 18.0 Å². The Balaban J connectivity index is 4.75. The number of ketones is 1. The van der Waals surface area contributed by atoms with Gasteiger partial charge in [-0.05, 0) is 20.9 Å². The Hall–Kier alpha value is -0.580. The van der Waals surface area contributed by atoms with Gasteiger partial charge in [-0.2, -0.15) is 13.2 Å². The molecule has 66 valence electrons. The zero-order valence-electron chi connectivity index (χ0n) is 6.54. The van der Waals surface area contributed by atoms with Crippen molar-refractivity contribution >= 4 is 5.78 Å². The van der Waals surface area contributed by atoms with Crippen molar-refractivity contribution in [3.05, 3.63) is 0 Å². The van der Waals surface area contributed by atoms with Crippen LogP contribution in [0.25, 0.3) is 0 Å². The van der Waals surface area contributed by atoms with E-state index in [4.69, 9.17) is 0 Å². The number of alkyl halides is 3. The summed E-state index contributed by atoms with van der Waals surface area (Å²) in [5.41, 5.74) is -2.41. The summed E-state index contributed by atoms with van der Waals surface area (Å²) in [5, 5.41) is 1.94. The molecular formula is C6H10F3NO. The molecule has 0 radical (unpaired) electrons. The van der Waals surface area contributed by atoms with Gasteiger partial charge in [-0.25, -0.2) is 0 Å². The molecule has 0 aliphatic carbocycles. The smallest absolute Gasteiger partial charge is 0.301 e. The standard InChI is InChI=1S/C6H10F3NO/c1-4(11)5(2,10-3)6(7,8)9/h10H,1-3H3. The molecule has 1 N–H and O–H groups in total. The number of hydrogen-bond donors (Lipinski definition) is 1. The highest BCUT2D eigenvalue weighted by atomic mass is 19.4. The van der Waals surface area contributed by atoms with Crippen molar-refractivity contribution in [2.45, 2.75) is 25.6 Å². The molecule has 0 aromatic rings. The Morgan fingerprint density at radius 3 is 1.73 bits per heavy atom. The van der Waals surface area contributed by atoms with Gasteiger partial charge < -0.3 is 5.32 Å². The highest BCUT2D eigenvalue weighted by Crippen LogP contribution is 2.30. The lowest BCUT2D eigenvalue weighted by atomic mass is 9.97. The number of carbonyl (C=O) groups is 1. The van der Waals surface area contributed by atoms with Gasteiger partial charge in [0.2, 0.25) is 0 Å². The number of Topliss-reactive ketones (excluding diaryl/α,β-unsaturated/α-hetero) is 1. The van der Waals surface area contributed by atoms with Crippen LogP contribution in [0.2, 0.25) is 0 Å². The van der Waals surface area contributed by atoms with Gasteiger partial charge in [-0.15, -0.1) is 0 Å². The maximum atomic E-state index is 12.1. The zero-order chi connectivity index (χ0) is 9.28. The molecule has 2 nitrogen and oxygen atoms in total. The fourth-order valence-corrected chi connectivity index (χ4v) is 0.517. The molecule has 0 amide bonds. The summed E-state index contributed by atoms with van der Waals surface area (Å²) in [7, 11) is 1.11. The van der Waals surface area contributed by atoms with E-state index < -0.39 is 17.5 Å².